The van der Waals surface area contributed by atoms with Crippen molar-refractivity contribution in [1.29, 1.82) is 0 Å². The van der Waals surface area contributed by atoms with Crippen LogP contribution in [0.2, 0.25) is 10.0 Å². The van der Waals surface area contributed by atoms with Gasteiger partial charge in [0.05, 0.1) is 39.9 Å². The Labute approximate surface area is 178 Å². The minimum absolute atomic E-state index is 0.0172. The van der Waals surface area contributed by atoms with Crippen LogP contribution in [0.4, 0.5) is 15.9 Å². The van der Waals surface area contributed by atoms with Gasteiger partial charge < -0.3 is 11.1 Å². The average molecular weight is 445 g/mol. The summed E-state index contributed by atoms with van der Waals surface area (Å²) < 4.78 is 14.7. The van der Waals surface area contributed by atoms with Crippen molar-refractivity contribution in [3.05, 3.63) is 70.7 Å². The Kier molecular flexibility index (Phi) is 5.25. The second-order valence-corrected chi connectivity index (χ2v) is 6.75. The van der Waals surface area contributed by atoms with Gasteiger partial charge >= 0.3 is 0 Å². The lowest BCUT2D eigenvalue weighted by molar-refractivity contribution is 0.102. The molecule has 9 nitrogen and oxygen atoms in total. The zero-order valence-corrected chi connectivity index (χ0v) is 16.4. The number of hydrogen-bond acceptors (Lipinski definition) is 7. The number of aromatic nitrogens is 6. The van der Waals surface area contributed by atoms with E-state index < -0.39 is 11.7 Å². The van der Waals surface area contributed by atoms with Crippen LogP contribution in [0.1, 0.15) is 10.4 Å². The molecule has 0 spiro atoms. The molecule has 4 rings (SSSR count). The minimum Gasteiger partial charge on any atom is -0.383 e. The predicted octanol–water partition coefficient (Wildman–Crippen LogP) is 3.40. The first kappa shape index (κ1) is 19.7. The van der Waals surface area contributed by atoms with E-state index in [-0.39, 0.29) is 44.1 Å². The maximum Gasteiger partial charge on any atom is 0.257 e. The van der Waals surface area contributed by atoms with Gasteiger partial charge in [-0.2, -0.15) is 10.2 Å². The molecule has 0 aliphatic rings. The van der Waals surface area contributed by atoms with Crippen LogP contribution in [-0.2, 0) is 0 Å². The smallest absolute Gasteiger partial charge is 0.257 e. The van der Waals surface area contributed by atoms with Crippen molar-refractivity contribution >= 4 is 40.6 Å². The number of benzene rings is 1. The molecule has 0 saturated carbocycles. The van der Waals surface area contributed by atoms with E-state index >= 15 is 0 Å². The van der Waals surface area contributed by atoms with Crippen LogP contribution in [0.5, 0.6) is 0 Å². The molecule has 0 saturated heterocycles. The summed E-state index contributed by atoms with van der Waals surface area (Å²) in [4.78, 5) is 25.6. The zero-order valence-electron chi connectivity index (χ0n) is 14.9. The lowest BCUT2D eigenvalue weighted by Crippen LogP contribution is -2.14. The van der Waals surface area contributed by atoms with E-state index in [0.29, 0.717) is 0 Å². The molecule has 3 aromatic heterocycles. The maximum atomic E-state index is 14.7. The third kappa shape index (κ3) is 3.78. The van der Waals surface area contributed by atoms with E-state index in [9.17, 15) is 9.18 Å². The molecule has 0 aliphatic heterocycles. The van der Waals surface area contributed by atoms with E-state index in [1.165, 1.54) is 48.0 Å². The fourth-order valence-corrected chi connectivity index (χ4v) is 3.14. The minimum atomic E-state index is -0.706. The Bertz CT molecular complexity index is 1250. The Morgan fingerprint density at radius 3 is 2.50 bits per heavy atom. The van der Waals surface area contributed by atoms with Gasteiger partial charge in [-0.25, -0.2) is 19.3 Å². The van der Waals surface area contributed by atoms with Gasteiger partial charge in [-0.1, -0.05) is 23.2 Å². The number of amides is 1. The highest BCUT2D eigenvalue weighted by molar-refractivity contribution is 6.35. The molecule has 150 valence electrons. The number of nitrogens with one attached hydrogen (secondary N) is 1. The summed E-state index contributed by atoms with van der Waals surface area (Å²) in [5.74, 6) is -0.978. The van der Waals surface area contributed by atoms with Crippen molar-refractivity contribution in [3.63, 3.8) is 0 Å². The molecule has 1 aromatic carbocycles. The van der Waals surface area contributed by atoms with Crippen LogP contribution in [0, 0.1) is 5.82 Å². The lowest BCUT2D eigenvalue weighted by atomic mass is 10.0. The first-order chi connectivity index (χ1) is 14.4. The molecule has 30 heavy (non-hydrogen) atoms. The van der Waals surface area contributed by atoms with Gasteiger partial charge in [-0.05, 0) is 18.2 Å². The van der Waals surface area contributed by atoms with Crippen LogP contribution >= 0.6 is 23.2 Å². The number of nitrogen functional groups attached to an aromatic ring is 1. The van der Waals surface area contributed by atoms with Gasteiger partial charge in [-0.15, -0.1) is 4.80 Å². The van der Waals surface area contributed by atoms with Gasteiger partial charge in [0, 0.05) is 17.3 Å². The van der Waals surface area contributed by atoms with Crippen LogP contribution in [0.3, 0.4) is 0 Å². The normalized spacial score (nSPS) is 10.8. The van der Waals surface area contributed by atoms with Crippen LogP contribution < -0.4 is 11.1 Å². The van der Waals surface area contributed by atoms with E-state index in [1.54, 1.807) is 0 Å². The highest BCUT2D eigenvalue weighted by Crippen LogP contribution is 2.31. The number of halogens is 3. The molecular formula is C18H11Cl2FN8O. The molecular weight excluding hydrogens is 434 g/mol. The number of rotatable bonds is 4. The number of nitrogens with two attached hydrogens (primary N) is 1. The molecule has 4 aromatic rings. The SMILES string of the molecule is Nc1ncncc1-c1cc(Cl)c(C(=O)Nc2cnc(-n3nccn3)c(Cl)c2)cc1F. The predicted molar refractivity (Wildman–Crippen MR) is 109 cm³/mol. The average Bonchev–Trinajstić information content (AvgIpc) is 3.24. The monoisotopic (exact) mass is 444 g/mol. The molecule has 0 unspecified atom stereocenters. The van der Waals surface area contributed by atoms with Gasteiger partial charge in [-0.3, -0.25) is 4.79 Å². The van der Waals surface area contributed by atoms with Crippen molar-refractivity contribution in [2.24, 2.45) is 0 Å². The van der Waals surface area contributed by atoms with E-state index in [1.807, 2.05) is 0 Å². The number of nitrogens with zero attached hydrogens (tertiary/aromatic N) is 6. The van der Waals surface area contributed by atoms with E-state index in [4.69, 9.17) is 28.9 Å². The summed E-state index contributed by atoms with van der Waals surface area (Å²) >= 11 is 12.4. The highest BCUT2D eigenvalue weighted by atomic mass is 35.5. The Hall–Kier alpha value is -3.63. The van der Waals surface area contributed by atoms with E-state index in [0.717, 1.165) is 6.07 Å². The summed E-state index contributed by atoms with van der Waals surface area (Å²) in [6.45, 7) is 0. The maximum absolute atomic E-state index is 14.7. The van der Waals surface area contributed by atoms with Crippen LogP contribution in [0.15, 0.2) is 49.3 Å². The largest absolute Gasteiger partial charge is 0.383 e. The van der Waals surface area contributed by atoms with Crippen molar-refractivity contribution in [1.82, 2.24) is 29.9 Å². The Morgan fingerprint density at radius 1 is 1.03 bits per heavy atom. The molecule has 1 amide bonds. The molecule has 0 aliphatic carbocycles. The summed E-state index contributed by atoms with van der Waals surface area (Å²) in [6.07, 6.45) is 6.92. The molecule has 12 heteroatoms. The second kappa shape index (κ2) is 8.01. The third-order valence-corrected chi connectivity index (χ3v) is 4.61. The first-order valence-corrected chi connectivity index (χ1v) is 9.08. The standard InChI is InChI=1S/C18H11Cl2FN8O/c19-13-4-10(12-7-23-8-25-16(12)22)15(21)5-11(13)18(30)28-9-3-14(20)17(24-6-9)29-26-1-2-27-29/h1-8H,(H,28,30)(H2,22,23,25). The molecule has 3 heterocycles. The highest BCUT2D eigenvalue weighted by Gasteiger charge is 2.18. The molecule has 0 fully saturated rings. The van der Waals surface area contributed by atoms with Gasteiger partial charge in [0.2, 0.25) is 0 Å². The number of hydrogen-bond donors (Lipinski definition) is 2. The number of pyridine rings is 1. The zero-order chi connectivity index (χ0) is 21.3. The summed E-state index contributed by atoms with van der Waals surface area (Å²) in [6, 6.07) is 3.76. The summed E-state index contributed by atoms with van der Waals surface area (Å²) in [5, 5.41) is 10.7. The lowest BCUT2D eigenvalue weighted by Gasteiger charge is -2.11. The Balaban J connectivity index is 1.60. The first-order valence-electron chi connectivity index (χ1n) is 8.32. The van der Waals surface area contributed by atoms with Crippen molar-refractivity contribution in [2.75, 3.05) is 11.1 Å². The summed E-state index contributed by atoms with van der Waals surface area (Å²) in [5.41, 5.74) is 6.31. The van der Waals surface area contributed by atoms with Crippen molar-refractivity contribution < 1.29 is 9.18 Å². The Morgan fingerprint density at radius 2 is 1.80 bits per heavy atom. The van der Waals surface area contributed by atoms with Gasteiger partial charge in [0.1, 0.15) is 18.0 Å². The van der Waals surface area contributed by atoms with Gasteiger partial charge in [0.25, 0.3) is 5.91 Å². The van der Waals surface area contributed by atoms with Crippen LogP contribution in [-0.4, -0.2) is 35.9 Å². The van der Waals surface area contributed by atoms with Crippen molar-refractivity contribution in [2.45, 2.75) is 0 Å². The van der Waals surface area contributed by atoms with Crippen molar-refractivity contribution in [3.8, 4) is 16.9 Å². The number of carbonyl (C=O) groups is 1. The molecule has 0 bridgehead atoms. The topological polar surface area (TPSA) is 124 Å². The van der Waals surface area contributed by atoms with Gasteiger partial charge in [0.15, 0.2) is 5.82 Å². The van der Waals surface area contributed by atoms with Crippen LogP contribution in [0.25, 0.3) is 16.9 Å². The molecule has 0 atom stereocenters. The fourth-order valence-electron chi connectivity index (χ4n) is 2.64. The number of carbonyl (C=O) groups excluding carboxylic acids is 1. The molecule has 0 radical (unpaired) electrons. The summed E-state index contributed by atoms with van der Waals surface area (Å²) in [7, 11) is 0. The van der Waals surface area contributed by atoms with E-state index in [2.05, 4.69) is 30.5 Å². The quantitative estimate of drug-likeness (QED) is 0.493. The molecule has 3 N–H and O–H groups in total. The third-order valence-electron chi connectivity index (χ3n) is 4.02. The fraction of sp³-hybridized carbons (Fsp3) is 0. The second-order valence-electron chi connectivity index (χ2n) is 5.94. The number of anilines is 2.